The van der Waals surface area contributed by atoms with E-state index in [4.69, 9.17) is 0 Å². The van der Waals surface area contributed by atoms with E-state index in [9.17, 15) is 0 Å². The van der Waals surface area contributed by atoms with Crippen molar-refractivity contribution >= 4 is 29.2 Å². The van der Waals surface area contributed by atoms with Gasteiger partial charge in [-0.15, -0.1) is 0 Å². The predicted octanol–water partition coefficient (Wildman–Crippen LogP) is 4.74. The van der Waals surface area contributed by atoms with Crippen LogP contribution in [0.3, 0.4) is 0 Å². The Morgan fingerprint density at radius 3 is 2.62 bits per heavy atom. The molecule has 6 heteroatoms. The molecular formula is C23H29N5S. The molecule has 0 radical (unpaired) electrons. The molecule has 0 spiro atoms. The Morgan fingerprint density at radius 1 is 1.14 bits per heavy atom. The third-order valence-corrected chi connectivity index (χ3v) is 6.06. The van der Waals surface area contributed by atoms with Gasteiger partial charge in [0.2, 0.25) is 0 Å². The van der Waals surface area contributed by atoms with Crippen LogP contribution in [0.15, 0.2) is 54.6 Å². The molecule has 2 aromatic heterocycles. The Bertz CT molecular complexity index is 1030. The number of hydrogen-bond acceptors (Lipinski definition) is 5. The lowest BCUT2D eigenvalue weighted by Gasteiger charge is -2.38. The summed E-state index contributed by atoms with van der Waals surface area (Å²) >= 11 is 4.45. The SMILES string of the molecule is Cn1cc(-c2ccc3cnc(N/C(=C\CS)C(C)(C)N4CCCC4)cc3c2)cn1. The van der Waals surface area contributed by atoms with Crippen LogP contribution in [-0.4, -0.2) is 44.0 Å². The smallest absolute Gasteiger partial charge is 0.130 e. The Balaban J connectivity index is 1.64. The van der Waals surface area contributed by atoms with Gasteiger partial charge < -0.3 is 5.32 Å². The van der Waals surface area contributed by atoms with Crippen molar-refractivity contribution in [1.29, 1.82) is 0 Å². The van der Waals surface area contributed by atoms with Crippen LogP contribution in [0.2, 0.25) is 0 Å². The van der Waals surface area contributed by atoms with Gasteiger partial charge in [-0.3, -0.25) is 9.58 Å². The van der Waals surface area contributed by atoms with Crippen molar-refractivity contribution in [2.75, 3.05) is 24.2 Å². The van der Waals surface area contributed by atoms with Crippen molar-refractivity contribution in [3.63, 3.8) is 0 Å². The van der Waals surface area contributed by atoms with Crippen molar-refractivity contribution in [3.05, 3.63) is 54.6 Å². The lowest BCUT2D eigenvalue weighted by atomic mass is 9.97. The summed E-state index contributed by atoms with van der Waals surface area (Å²) in [5.41, 5.74) is 3.36. The van der Waals surface area contributed by atoms with E-state index in [1.807, 2.05) is 30.3 Å². The zero-order valence-electron chi connectivity index (χ0n) is 17.4. The molecule has 3 aromatic rings. The van der Waals surface area contributed by atoms with E-state index in [0.29, 0.717) is 5.75 Å². The zero-order valence-corrected chi connectivity index (χ0v) is 18.3. The Kier molecular flexibility index (Phi) is 5.65. The van der Waals surface area contributed by atoms with Crippen LogP contribution in [0.1, 0.15) is 26.7 Å². The number of aromatic nitrogens is 3. The van der Waals surface area contributed by atoms with Gasteiger partial charge in [0, 0.05) is 41.8 Å². The van der Waals surface area contributed by atoms with E-state index in [2.05, 4.69) is 77.1 Å². The average molecular weight is 408 g/mol. The number of anilines is 1. The largest absolute Gasteiger partial charge is 0.342 e. The van der Waals surface area contributed by atoms with Crippen LogP contribution in [-0.2, 0) is 7.05 Å². The molecule has 1 aromatic carbocycles. The maximum atomic E-state index is 4.66. The first-order valence-corrected chi connectivity index (χ1v) is 10.8. The van der Waals surface area contributed by atoms with E-state index < -0.39 is 0 Å². The van der Waals surface area contributed by atoms with Crippen LogP contribution in [0.4, 0.5) is 5.82 Å². The molecule has 1 N–H and O–H groups in total. The molecule has 29 heavy (non-hydrogen) atoms. The molecule has 0 aliphatic carbocycles. The number of nitrogens with one attached hydrogen (secondary N) is 1. The number of likely N-dealkylation sites (tertiary alicyclic amines) is 1. The minimum Gasteiger partial charge on any atom is -0.342 e. The second-order valence-corrected chi connectivity index (χ2v) is 8.58. The van der Waals surface area contributed by atoms with Crippen LogP contribution in [0, 0.1) is 0 Å². The molecule has 0 saturated carbocycles. The van der Waals surface area contributed by atoms with Gasteiger partial charge in [0.25, 0.3) is 0 Å². The van der Waals surface area contributed by atoms with Crippen LogP contribution < -0.4 is 5.32 Å². The number of benzene rings is 1. The summed E-state index contributed by atoms with van der Waals surface area (Å²) in [5.74, 6) is 1.55. The molecule has 1 saturated heterocycles. The molecule has 0 amide bonds. The molecule has 3 heterocycles. The van der Waals surface area contributed by atoms with E-state index in [0.717, 1.165) is 46.5 Å². The van der Waals surface area contributed by atoms with Crippen LogP contribution in [0.25, 0.3) is 21.9 Å². The highest BCUT2D eigenvalue weighted by Crippen LogP contribution is 2.30. The van der Waals surface area contributed by atoms with E-state index in [-0.39, 0.29) is 5.54 Å². The highest BCUT2D eigenvalue weighted by Gasteiger charge is 2.32. The topological polar surface area (TPSA) is 46.0 Å². The molecule has 1 aliphatic rings. The number of hydrogen-bond donors (Lipinski definition) is 2. The first-order chi connectivity index (χ1) is 14.0. The summed E-state index contributed by atoms with van der Waals surface area (Å²) in [6.45, 7) is 6.83. The van der Waals surface area contributed by atoms with Crippen LogP contribution in [0.5, 0.6) is 0 Å². The third kappa shape index (κ3) is 4.19. The minimum absolute atomic E-state index is 0.0760. The normalized spacial score (nSPS) is 15.9. The van der Waals surface area contributed by atoms with Gasteiger partial charge in [-0.1, -0.05) is 18.2 Å². The van der Waals surface area contributed by atoms with Gasteiger partial charge in [-0.25, -0.2) is 4.98 Å². The summed E-state index contributed by atoms with van der Waals surface area (Å²) in [4.78, 5) is 7.20. The quantitative estimate of drug-likeness (QED) is 0.580. The maximum absolute atomic E-state index is 4.66. The number of fused-ring (bicyclic) bond motifs is 1. The van der Waals surface area contributed by atoms with E-state index in [1.54, 1.807) is 0 Å². The van der Waals surface area contributed by atoms with Gasteiger partial charge in [-0.2, -0.15) is 17.7 Å². The van der Waals surface area contributed by atoms with Crippen molar-refractivity contribution in [3.8, 4) is 11.1 Å². The van der Waals surface area contributed by atoms with Gasteiger partial charge in [0.1, 0.15) is 5.82 Å². The standard InChI is InChI=1S/C23H29N5S/c1-23(2,28-9-4-5-10-28)21(8-11-29)26-22-13-19-12-17(6-7-18(19)14-24-22)20-15-25-27(3)16-20/h6-8,12-16,29H,4-5,9-11H2,1-3H3,(H,24,26)/b21-8-. The van der Waals surface area contributed by atoms with Crippen molar-refractivity contribution < 1.29 is 0 Å². The first-order valence-electron chi connectivity index (χ1n) is 10.2. The first kappa shape index (κ1) is 20.0. The molecule has 0 atom stereocenters. The lowest BCUT2D eigenvalue weighted by Crippen LogP contribution is -2.45. The Hall–Kier alpha value is -2.31. The molecule has 0 unspecified atom stereocenters. The number of rotatable bonds is 6. The highest BCUT2D eigenvalue weighted by molar-refractivity contribution is 7.80. The zero-order chi connectivity index (χ0) is 20.4. The molecule has 0 bridgehead atoms. The molecule has 1 fully saturated rings. The molecular weight excluding hydrogens is 378 g/mol. The highest BCUT2D eigenvalue weighted by atomic mass is 32.1. The number of aryl methyl sites for hydroxylation is 1. The van der Waals surface area contributed by atoms with Crippen molar-refractivity contribution in [2.45, 2.75) is 32.2 Å². The van der Waals surface area contributed by atoms with E-state index in [1.165, 1.54) is 12.8 Å². The van der Waals surface area contributed by atoms with E-state index >= 15 is 0 Å². The summed E-state index contributed by atoms with van der Waals surface area (Å²) < 4.78 is 1.83. The lowest BCUT2D eigenvalue weighted by molar-refractivity contribution is 0.192. The summed E-state index contributed by atoms with van der Waals surface area (Å²) in [5, 5.41) is 10.2. The predicted molar refractivity (Wildman–Crippen MR) is 124 cm³/mol. The molecule has 5 nitrogen and oxygen atoms in total. The van der Waals surface area contributed by atoms with Crippen molar-refractivity contribution in [2.24, 2.45) is 7.05 Å². The number of nitrogens with zero attached hydrogens (tertiary/aromatic N) is 4. The molecule has 152 valence electrons. The van der Waals surface area contributed by atoms with Gasteiger partial charge in [0.15, 0.2) is 0 Å². The average Bonchev–Trinajstić information content (AvgIpc) is 3.39. The van der Waals surface area contributed by atoms with Gasteiger partial charge >= 0.3 is 0 Å². The second-order valence-electron chi connectivity index (χ2n) is 8.21. The van der Waals surface area contributed by atoms with Gasteiger partial charge in [-0.05, 0) is 62.9 Å². The monoisotopic (exact) mass is 407 g/mol. The number of thiol groups is 1. The van der Waals surface area contributed by atoms with Crippen molar-refractivity contribution in [1.82, 2.24) is 19.7 Å². The van der Waals surface area contributed by atoms with Crippen LogP contribution >= 0.6 is 12.6 Å². The Morgan fingerprint density at radius 2 is 1.93 bits per heavy atom. The summed E-state index contributed by atoms with van der Waals surface area (Å²) in [6.07, 6.45) is 10.6. The molecule has 4 rings (SSSR count). The fourth-order valence-electron chi connectivity index (χ4n) is 4.09. The summed E-state index contributed by atoms with van der Waals surface area (Å²) in [6, 6.07) is 8.57. The Labute approximate surface area is 178 Å². The van der Waals surface area contributed by atoms with Gasteiger partial charge in [0.05, 0.1) is 11.7 Å². The number of pyridine rings is 1. The second kappa shape index (κ2) is 8.20. The minimum atomic E-state index is -0.0760. The maximum Gasteiger partial charge on any atom is 0.130 e. The fraction of sp³-hybridized carbons (Fsp3) is 0.391. The third-order valence-electron chi connectivity index (χ3n) is 5.87. The fourth-order valence-corrected chi connectivity index (χ4v) is 4.27. The molecule has 1 aliphatic heterocycles. The summed E-state index contributed by atoms with van der Waals surface area (Å²) in [7, 11) is 1.94.